The van der Waals surface area contributed by atoms with Crippen LogP contribution in [0.4, 0.5) is 0 Å². The molecule has 1 aliphatic rings. The van der Waals surface area contributed by atoms with Gasteiger partial charge in [-0.05, 0) is 57.2 Å². The number of phenols is 1. The summed E-state index contributed by atoms with van der Waals surface area (Å²) in [5.74, 6) is 1.60. The van der Waals surface area contributed by atoms with E-state index in [1.54, 1.807) is 12.1 Å². The molecule has 2 unspecified atom stereocenters. The van der Waals surface area contributed by atoms with Gasteiger partial charge in [-0.15, -0.1) is 0 Å². The number of nitrogens with zero attached hydrogens (tertiary/aromatic N) is 1. The van der Waals surface area contributed by atoms with Crippen molar-refractivity contribution in [1.29, 1.82) is 0 Å². The van der Waals surface area contributed by atoms with Crippen LogP contribution in [0.25, 0.3) is 11.5 Å². The summed E-state index contributed by atoms with van der Waals surface area (Å²) in [5, 5.41) is 9.53. The van der Waals surface area contributed by atoms with Crippen LogP contribution in [0.1, 0.15) is 41.9 Å². The molecule has 0 amide bonds. The van der Waals surface area contributed by atoms with Crippen molar-refractivity contribution in [2.45, 2.75) is 42.3 Å². The highest BCUT2D eigenvalue weighted by atomic mass is 32.2. The molecule has 0 radical (unpaired) electrons. The molecule has 1 aliphatic heterocycles. The summed E-state index contributed by atoms with van der Waals surface area (Å²) < 4.78 is 12.5. The lowest BCUT2D eigenvalue weighted by atomic mass is 9.97. The number of aromatic nitrogens is 1. The van der Waals surface area contributed by atoms with E-state index in [9.17, 15) is 5.11 Å². The molecule has 33 heavy (non-hydrogen) atoms. The predicted molar refractivity (Wildman–Crippen MR) is 132 cm³/mol. The zero-order valence-corrected chi connectivity index (χ0v) is 19.9. The van der Waals surface area contributed by atoms with Crippen molar-refractivity contribution < 1.29 is 14.3 Å². The van der Waals surface area contributed by atoms with Gasteiger partial charge in [0.2, 0.25) is 5.89 Å². The van der Waals surface area contributed by atoms with Gasteiger partial charge in [-0.2, -0.15) is 0 Å². The number of benzene rings is 3. The molecule has 3 aromatic carbocycles. The van der Waals surface area contributed by atoms with Gasteiger partial charge in [0.05, 0.1) is 23.2 Å². The van der Waals surface area contributed by atoms with Crippen molar-refractivity contribution in [1.82, 2.24) is 4.98 Å². The molecule has 0 saturated heterocycles. The second kappa shape index (κ2) is 8.73. The summed E-state index contributed by atoms with van der Waals surface area (Å²) in [6.45, 7) is 7.16. The molecule has 1 N–H and O–H groups in total. The van der Waals surface area contributed by atoms with Gasteiger partial charge >= 0.3 is 0 Å². The monoisotopic (exact) mass is 458 g/mol. The lowest BCUT2D eigenvalue weighted by Crippen LogP contribution is -2.28. The number of fused-ring (bicyclic) bond motifs is 1. The van der Waals surface area contributed by atoms with E-state index in [4.69, 9.17) is 14.1 Å². The maximum atomic E-state index is 9.53. The van der Waals surface area contributed by atoms with Gasteiger partial charge in [0.1, 0.15) is 11.5 Å². The molecule has 0 saturated carbocycles. The van der Waals surface area contributed by atoms with Gasteiger partial charge in [-0.25, -0.2) is 4.98 Å². The molecule has 1 aromatic heterocycles. The Labute approximate surface area is 197 Å². The fourth-order valence-corrected chi connectivity index (χ4v) is 7.49. The fraction of sp³-hybridized carbons (Fsp3) is 0.250. The highest BCUT2D eigenvalue weighted by Gasteiger charge is 2.57. The SMILES string of the molecule is Cc1oc(-c2ccc(O)cc2)nc1CCOC1c2ccccc2C(C)(C)[S+]1c1ccccc1. The van der Waals surface area contributed by atoms with E-state index in [0.29, 0.717) is 18.9 Å². The number of aromatic hydroxyl groups is 1. The van der Waals surface area contributed by atoms with E-state index in [-0.39, 0.29) is 26.8 Å². The maximum absolute atomic E-state index is 9.53. The highest BCUT2D eigenvalue weighted by molar-refractivity contribution is 7.98. The third-order valence-corrected chi connectivity index (χ3v) is 9.16. The van der Waals surface area contributed by atoms with Crippen LogP contribution < -0.4 is 0 Å². The number of hydrogen-bond donors (Lipinski definition) is 1. The van der Waals surface area contributed by atoms with Crippen molar-refractivity contribution in [3.63, 3.8) is 0 Å². The quantitative estimate of drug-likeness (QED) is 0.333. The first-order valence-electron chi connectivity index (χ1n) is 11.2. The lowest BCUT2D eigenvalue weighted by molar-refractivity contribution is 0.114. The van der Waals surface area contributed by atoms with Gasteiger partial charge in [-0.1, -0.05) is 42.5 Å². The molecule has 168 valence electrons. The largest absolute Gasteiger partial charge is 0.508 e. The topological polar surface area (TPSA) is 55.5 Å². The van der Waals surface area contributed by atoms with Crippen LogP contribution >= 0.6 is 0 Å². The first kappa shape index (κ1) is 21.8. The molecule has 0 bridgehead atoms. The number of aryl methyl sites for hydroxylation is 1. The standard InChI is InChI=1S/C28H27NO3S/c1-19-25(29-26(32-19)20-13-15-21(30)16-14-20)17-18-31-27-23-11-7-8-12-24(23)28(2,3)33(27)22-9-5-4-6-10-22/h4-16,27H,17-18H2,1-3H3/p+1. The smallest absolute Gasteiger partial charge is 0.251 e. The average Bonchev–Trinajstić information content (AvgIpc) is 3.29. The second-order valence-corrected chi connectivity index (χ2v) is 11.4. The van der Waals surface area contributed by atoms with Gasteiger partial charge in [0.25, 0.3) is 5.44 Å². The molecule has 2 atom stereocenters. The van der Waals surface area contributed by atoms with E-state index in [0.717, 1.165) is 17.0 Å². The molecule has 5 rings (SSSR count). The van der Waals surface area contributed by atoms with Crippen LogP contribution in [0.5, 0.6) is 5.75 Å². The Hall–Kier alpha value is -3.02. The Morgan fingerprint density at radius 3 is 2.42 bits per heavy atom. The Kier molecular flexibility index (Phi) is 5.77. The first-order chi connectivity index (χ1) is 15.9. The first-order valence-corrected chi connectivity index (χ1v) is 12.5. The van der Waals surface area contributed by atoms with Crippen molar-refractivity contribution in [2.24, 2.45) is 0 Å². The Morgan fingerprint density at radius 2 is 1.67 bits per heavy atom. The van der Waals surface area contributed by atoms with E-state index < -0.39 is 0 Å². The predicted octanol–water partition coefficient (Wildman–Crippen LogP) is 6.54. The number of hydrogen-bond acceptors (Lipinski definition) is 4. The minimum absolute atomic E-state index is 0.00153. The van der Waals surface area contributed by atoms with Crippen molar-refractivity contribution in [3.05, 3.63) is 101 Å². The number of rotatable bonds is 6. The Bertz CT molecular complexity index is 1250. The van der Waals surface area contributed by atoms with Crippen molar-refractivity contribution in [3.8, 4) is 17.2 Å². The molecule has 4 nitrogen and oxygen atoms in total. The van der Waals surface area contributed by atoms with Gasteiger partial charge in [0, 0.05) is 23.1 Å². The highest BCUT2D eigenvalue weighted by Crippen LogP contribution is 2.53. The maximum Gasteiger partial charge on any atom is 0.251 e. The minimum Gasteiger partial charge on any atom is -0.508 e. The fourth-order valence-electron chi connectivity index (χ4n) is 4.56. The van der Waals surface area contributed by atoms with Crippen LogP contribution in [-0.2, 0) is 26.8 Å². The Balaban J connectivity index is 1.37. The van der Waals surface area contributed by atoms with Gasteiger partial charge in [0.15, 0.2) is 9.64 Å². The van der Waals surface area contributed by atoms with Gasteiger partial charge < -0.3 is 14.3 Å². The zero-order valence-electron chi connectivity index (χ0n) is 19.1. The summed E-state index contributed by atoms with van der Waals surface area (Å²) in [6.07, 6.45) is 0.679. The third-order valence-electron chi connectivity index (χ3n) is 6.24. The van der Waals surface area contributed by atoms with Crippen LogP contribution in [0, 0.1) is 6.92 Å². The molecule has 0 aliphatic carbocycles. The summed E-state index contributed by atoms with van der Waals surface area (Å²) in [5.41, 5.74) is 4.43. The number of oxazole rings is 1. The lowest BCUT2D eigenvalue weighted by Gasteiger charge is -2.22. The summed E-state index contributed by atoms with van der Waals surface area (Å²) in [7, 11) is -0.115. The van der Waals surface area contributed by atoms with Crippen LogP contribution in [0.2, 0.25) is 0 Å². The van der Waals surface area contributed by atoms with Crippen molar-refractivity contribution in [2.75, 3.05) is 6.61 Å². The number of phenolic OH excluding ortho intramolecular Hbond substituents is 1. The summed E-state index contributed by atoms with van der Waals surface area (Å²) in [4.78, 5) is 6.03. The van der Waals surface area contributed by atoms with Gasteiger partial charge in [-0.3, -0.25) is 0 Å². The zero-order chi connectivity index (χ0) is 23.0. The van der Waals surface area contributed by atoms with Crippen LogP contribution in [0.3, 0.4) is 0 Å². The Morgan fingerprint density at radius 1 is 0.970 bits per heavy atom. The molecule has 0 spiro atoms. The van der Waals surface area contributed by atoms with E-state index in [1.807, 2.05) is 19.1 Å². The second-order valence-electron chi connectivity index (χ2n) is 8.77. The van der Waals surface area contributed by atoms with Crippen LogP contribution in [-0.4, -0.2) is 16.7 Å². The summed E-state index contributed by atoms with van der Waals surface area (Å²) >= 11 is 0. The van der Waals surface area contributed by atoms with Crippen LogP contribution in [0.15, 0.2) is 88.2 Å². The molecule has 0 fully saturated rings. The molecule has 5 heteroatoms. The molecule has 4 aromatic rings. The summed E-state index contributed by atoms with van der Waals surface area (Å²) in [6, 6.07) is 26.3. The van der Waals surface area contributed by atoms with Crippen molar-refractivity contribution >= 4 is 10.9 Å². The molecular formula is C28H28NO3S+. The minimum atomic E-state index is -0.115. The third kappa shape index (κ3) is 4.07. The number of ether oxygens (including phenoxy) is 1. The van der Waals surface area contributed by atoms with E-state index in [2.05, 4.69) is 68.4 Å². The molecule has 2 heterocycles. The normalized spacial score (nSPS) is 18.9. The average molecular weight is 459 g/mol. The van der Waals surface area contributed by atoms with E-state index in [1.165, 1.54) is 16.0 Å². The molecular weight excluding hydrogens is 430 g/mol. The van der Waals surface area contributed by atoms with E-state index >= 15 is 0 Å².